The van der Waals surface area contributed by atoms with Crippen molar-refractivity contribution >= 4 is 23.6 Å². The molecule has 2 amide bonds. The van der Waals surface area contributed by atoms with Crippen molar-refractivity contribution in [2.24, 2.45) is 5.73 Å². The number of unbranched alkanes of at least 4 members (excludes halogenated alkanes) is 1. The van der Waals surface area contributed by atoms with Crippen LogP contribution in [0.15, 0.2) is 0 Å². The molecule has 0 aliphatic rings. The molecule has 0 fully saturated rings. The van der Waals surface area contributed by atoms with E-state index in [1.807, 2.05) is 0 Å². The molecule has 180 valence electrons. The summed E-state index contributed by atoms with van der Waals surface area (Å²) < 4.78 is 20.2. The van der Waals surface area contributed by atoms with Crippen LogP contribution >= 0.6 is 0 Å². The van der Waals surface area contributed by atoms with Crippen molar-refractivity contribution in [3.05, 3.63) is 0 Å². The highest BCUT2D eigenvalue weighted by atomic mass is 16.6. The van der Waals surface area contributed by atoms with E-state index in [0.29, 0.717) is 45.8 Å². The molecule has 0 aromatic heterocycles. The number of hydrogen-bond acceptors (Lipinski definition) is 9. The van der Waals surface area contributed by atoms with Gasteiger partial charge in [-0.25, -0.2) is 4.79 Å². The van der Waals surface area contributed by atoms with Crippen LogP contribution in [0.4, 0.5) is 4.79 Å². The molecule has 4 N–H and O–H groups in total. The second-order valence-electron chi connectivity index (χ2n) is 6.66. The number of hydrogen-bond donors (Lipinski definition) is 3. The van der Waals surface area contributed by atoms with Gasteiger partial charge >= 0.3 is 6.09 Å². The Hall–Kier alpha value is -2.08. The maximum Gasteiger partial charge on any atom is 0.407 e. The van der Waals surface area contributed by atoms with Crippen LogP contribution in [0.25, 0.3) is 0 Å². The fourth-order valence-corrected chi connectivity index (χ4v) is 2.19. The molecule has 0 rings (SSSR count). The lowest BCUT2D eigenvalue weighted by Gasteiger charge is -2.07. The Labute approximate surface area is 183 Å². The average molecular weight is 448 g/mol. The summed E-state index contributed by atoms with van der Waals surface area (Å²) in [5.41, 5.74) is 5.32. The number of nitrogens with two attached hydrogens (primary N) is 1. The summed E-state index contributed by atoms with van der Waals surface area (Å²) in [6.45, 7) is 2.70. The molecule has 0 unspecified atom stereocenters. The number of alkyl carbamates (subject to hydrolysis) is 1. The van der Waals surface area contributed by atoms with Crippen molar-refractivity contribution in [1.29, 1.82) is 0 Å². The van der Waals surface area contributed by atoms with E-state index in [1.54, 1.807) is 7.11 Å². The summed E-state index contributed by atoms with van der Waals surface area (Å²) in [6, 6.07) is 0. The third-order valence-electron chi connectivity index (χ3n) is 3.92. The molecule has 0 bridgehead atoms. The first kappa shape index (κ1) is 28.9. The van der Waals surface area contributed by atoms with E-state index in [2.05, 4.69) is 10.6 Å². The lowest BCUT2D eigenvalue weighted by Crippen LogP contribution is -2.32. The van der Waals surface area contributed by atoms with E-state index in [0.717, 1.165) is 12.8 Å². The lowest BCUT2D eigenvalue weighted by atomic mass is 10.1. The summed E-state index contributed by atoms with van der Waals surface area (Å²) >= 11 is 0. The second kappa shape index (κ2) is 21.2. The number of methoxy groups -OCH3 is 1. The minimum atomic E-state index is -0.727. The molecule has 31 heavy (non-hydrogen) atoms. The fourth-order valence-electron chi connectivity index (χ4n) is 2.19. The molecule has 0 aromatic carbocycles. The van der Waals surface area contributed by atoms with E-state index < -0.39 is 6.09 Å². The Morgan fingerprint density at radius 1 is 0.710 bits per heavy atom. The summed E-state index contributed by atoms with van der Waals surface area (Å²) in [5, 5.41) is 4.81. The first-order chi connectivity index (χ1) is 15.0. The lowest BCUT2D eigenvalue weighted by molar-refractivity contribution is -0.127. The number of Topliss-reactive ketones (excluding diaryl/α,β-unsaturated/α-hetero) is 2. The third-order valence-corrected chi connectivity index (χ3v) is 3.92. The maximum absolute atomic E-state index is 11.7. The number of nitrogens with one attached hydrogen (secondary N) is 2. The van der Waals surface area contributed by atoms with Crippen LogP contribution in [0.2, 0.25) is 0 Å². The number of carbonyl (C=O) groups excluding carboxylic acids is 4. The van der Waals surface area contributed by atoms with Crippen LogP contribution in [0, 0.1) is 0 Å². The van der Waals surface area contributed by atoms with Crippen LogP contribution in [0.3, 0.4) is 0 Å². The molecule has 0 aromatic rings. The Kier molecular flexibility index (Phi) is 19.7. The molecular formula is C20H37N3O8. The van der Waals surface area contributed by atoms with E-state index in [-0.39, 0.29) is 56.6 Å². The van der Waals surface area contributed by atoms with E-state index >= 15 is 0 Å². The molecule has 0 spiro atoms. The molecule has 11 nitrogen and oxygen atoms in total. The Morgan fingerprint density at radius 2 is 1.35 bits per heavy atom. The van der Waals surface area contributed by atoms with Crippen molar-refractivity contribution in [3.63, 3.8) is 0 Å². The number of ketones is 2. The largest absolute Gasteiger partial charge is 0.447 e. The quantitative estimate of drug-likeness (QED) is 0.205. The van der Waals surface area contributed by atoms with Crippen LogP contribution in [-0.2, 0) is 33.3 Å². The number of ether oxygens (including phenoxy) is 4. The second-order valence-corrected chi connectivity index (χ2v) is 6.66. The number of carbonyl (C=O) groups is 4. The van der Waals surface area contributed by atoms with Gasteiger partial charge in [0.25, 0.3) is 0 Å². The summed E-state index contributed by atoms with van der Waals surface area (Å²) in [6.07, 6.45) is 1.71. The van der Waals surface area contributed by atoms with Gasteiger partial charge in [0.15, 0.2) is 11.6 Å². The fraction of sp³-hybridized carbons (Fsp3) is 0.800. The van der Waals surface area contributed by atoms with Crippen molar-refractivity contribution in [2.75, 3.05) is 66.4 Å². The maximum atomic E-state index is 11.7. The van der Waals surface area contributed by atoms with Crippen LogP contribution < -0.4 is 16.4 Å². The molecule has 0 atom stereocenters. The zero-order valence-corrected chi connectivity index (χ0v) is 18.4. The monoisotopic (exact) mass is 447 g/mol. The number of amides is 2. The molecule has 0 aliphatic carbocycles. The predicted octanol–water partition coefficient (Wildman–Crippen LogP) is -0.0541. The Bertz CT molecular complexity index is 517. The Morgan fingerprint density at radius 3 is 2.06 bits per heavy atom. The van der Waals surface area contributed by atoms with Crippen molar-refractivity contribution < 1.29 is 38.1 Å². The van der Waals surface area contributed by atoms with Gasteiger partial charge in [-0.3, -0.25) is 14.4 Å². The van der Waals surface area contributed by atoms with E-state index in [1.165, 1.54) is 0 Å². The van der Waals surface area contributed by atoms with Gasteiger partial charge in [0.2, 0.25) is 5.91 Å². The van der Waals surface area contributed by atoms with E-state index in [9.17, 15) is 19.2 Å². The van der Waals surface area contributed by atoms with Gasteiger partial charge in [-0.2, -0.15) is 0 Å². The molecule has 0 heterocycles. The molecule has 0 saturated heterocycles. The average Bonchev–Trinajstić information content (AvgIpc) is 2.76. The highest BCUT2D eigenvalue weighted by Crippen LogP contribution is 1.98. The molecule has 0 saturated carbocycles. The smallest absolute Gasteiger partial charge is 0.407 e. The van der Waals surface area contributed by atoms with Gasteiger partial charge < -0.3 is 35.3 Å². The molecular weight excluding hydrogens is 410 g/mol. The minimum absolute atomic E-state index is 0.0404. The van der Waals surface area contributed by atoms with Crippen molar-refractivity contribution in [1.82, 2.24) is 10.6 Å². The highest BCUT2D eigenvalue weighted by molar-refractivity contribution is 5.89. The van der Waals surface area contributed by atoms with Crippen LogP contribution in [0.5, 0.6) is 0 Å². The third kappa shape index (κ3) is 21.0. The first-order valence-corrected chi connectivity index (χ1v) is 10.5. The van der Waals surface area contributed by atoms with Gasteiger partial charge in [0.1, 0.15) is 6.61 Å². The topological polar surface area (TPSA) is 155 Å². The predicted molar refractivity (Wildman–Crippen MR) is 113 cm³/mol. The van der Waals surface area contributed by atoms with Gasteiger partial charge in [-0.1, -0.05) is 0 Å². The summed E-state index contributed by atoms with van der Waals surface area (Å²) in [5.74, 6) is -0.777. The molecule has 0 radical (unpaired) electrons. The van der Waals surface area contributed by atoms with E-state index in [4.69, 9.17) is 24.7 Å². The van der Waals surface area contributed by atoms with Crippen LogP contribution in [-0.4, -0.2) is 90.0 Å². The highest BCUT2D eigenvalue weighted by Gasteiger charge is 2.10. The normalized spacial score (nSPS) is 10.5. The minimum Gasteiger partial charge on any atom is -0.447 e. The molecule has 0 aliphatic heterocycles. The summed E-state index contributed by atoms with van der Waals surface area (Å²) in [7, 11) is 1.60. The van der Waals surface area contributed by atoms with Crippen molar-refractivity contribution in [2.45, 2.75) is 38.5 Å². The van der Waals surface area contributed by atoms with Gasteiger partial charge in [0, 0.05) is 39.6 Å². The molecule has 11 heteroatoms. The zero-order valence-electron chi connectivity index (χ0n) is 18.4. The SMILES string of the molecule is COCCOCCCCC(=O)CNC(=O)CCC(=O)CNC(=O)OCCOCCCN. The van der Waals surface area contributed by atoms with Crippen molar-refractivity contribution in [3.8, 4) is 0 Å². The zero-order chi connectivity index (χ0) is 23.2. The Balaban J connectivity index is 3.62. The first-order valence-electron chi connectivity index (χ1n) is 10.5. The van der Waals surface area contributed by atoms with Gasteiger partial charge in [-0.05, 0) is 25.8 Å². The number of rotatable bonds is 21. The summed E-state index contributed by atoms with van der Waals surface area (Å²) in [4.78, 5) is 46.6. The van der Waals surface area contributed by atoms with Crippen LogP contribution in [0.1, 0.15) is 38.5 Å². The van der Waals surface area contributed by atoms with Gasteiger partial charge in [0.05, 0.1) is 32.9 Å². The van der Waals surface area contributed by atoms with Gasteiger partial charge in [-0.15, -0.1) is 0 Å². The standard InChI is InChI=1S/C20H37N3O8/c1-28-11-12-29-9-3-2-5-17(24)15-22-19(26)7-6-18(25)16-23-20(27)31-14-13-30-10-4-8-21/h2-16,21H2,1H3,(H,22,26)(H,23,27).